The number of amides is 2. The van der Waals surface area contributed by atoms with E-state index in [2.05, 4.69) is 15.3 Å². The Labute approximate surface area is 179 Å². The van der Waals surface area contributed by atoms with Gasteiger partial charge in [0.2, 0.25) is 17.7 Å². The van der Waals surface area contributed by atoms with Gasteiger partial charge in [0, 0.05) is 38.8 Å². The fraction of sp³-hybridized carbons (Fsp3) is 0.667. The second-order valence-corrected chi connectivity index (χ2v) is 8.17. The predicted octanol–water partition coefficient (Wildman–Crippen LogP) is 1.17. The molecule has 2 amide bonds. The van der Waals surface area contributed by atoms with Crippen LogP contribution in [-0.2, 0) is 25.7 Å². The zero-order valence-corrected chi connectivity index (χ0v) is 18.6. The van der Waals surface area contributed by atoms with Crippen LogP contribution < -0.4 is 10.1 Å². The molecule has 0 radical (unpaired) electrons. The van der Waals surface area contributed by atoms with E-state index in [9.17, 15) is 9.59 Å². The molecule has 0 aromatic carbocycles. The molecule has 11 heteroatoms. The highest BCUT2D eigenvalue weighted by atomic mass is 32.2. The van der Waals surface area contributed by atoms with Crippen LogP contribution in [0.4, 0.5) is 0 Å². The third kappa shape index (κ3) is 8.77. The summed E-state index contributed by atoms with van der Waals surface area (Å²) in [5, 5.41) is 3.32. The number of methoxy groups -OCH3 is 1. The summed E-state index contributed by atoms with van der Waals surface area (Å²) in [6.07, 6.45) is 2.12. The van der Waals surface area contributed by atoms with Gasteiger partial charge in [0.25, 0.3) is 0 Å². The van der Waals surface area contributed by atoms with Crippen molar-refractivity contribution in [3.8, 4) is 5.88 Å². The molecule has 1 unspecified atom stereocenters. The molecule has 1 aliphatic heterocycles. The minimum Gasteiger partial charge on any atom is -0.475 e. The Balaban J connectivity index is 1.78. The van der Waals surface area contributed by atoms with Gasteiger partial charge in [-0.2, -0.15) is 4.98 Å². The van der Waals surface area contributed by atoms with Crippen molar-refractivity contribution in [1.82, 2.24) is 20.2 Å². The van der Waals surface area contributed by atoms with Crippen LogP contribution in [0.15, 0.2) is 11.2 Å². The average Bonchev–Trinajstić information content (AvgIpc) is 2.72. The minimum atomic E-state index is -0.210. The van der Waals surface area contributed by atoms with Crippen molar-refractivity contribution in [3.63, 3.8) is 0 Å². The van der Waals surface area contributed by atoms with Crippen LogP contribution in [0.1, 0.15) is 19.0 Å². The summed E-state index contributed by atoms with van der Waals surface area (Å²) in [5.74, 6) is 1.67. The monoisotopic (exact) mass is 444 g/mol. The quantitative estimate of drug-likeness (QED) is 0.233. The Hall–Kier alpha value is -1.56. The predicted molar refractivity (Wildman–Crippen MR) is 112 cm³/mol. The number of hydrogen-bond acceptors (Lipinski definition) is 9. The Bertz CT molecular complexity index is 680. The number of rotatable bonds is 11. The lowest BCUT2D eigenvalue weighted by Gasteiger charge is -2.32. The first-order chi connectivity index (χ1) is 14.0. The molecule has 1 fully saturated rings. The van der Waals surface area contributed by atoms with E-state index in [-0.39, 0.29) is 17.9 Å². The first-order valence-electron chi connectivity index (χ1n) is 9.27. The molecule has 162 valence electrons. The zero-order valence-electron chi connectivity index (χ0n) is 17.0. The van der Waals surface area contributed by atoms with Gasteiger partial charge in [-0.1, -0.05) is 11.8 Å². The van der Waals surface area contributed by atoms with Crippen LogP contribution in [0.25, 0.3) is 0 Å². The Kier molecular flexibility index (Phi) is 10.5. The van der Waals surface area contributed by atoms with Gasteiger partial charge in [-0.05, 0) is 6.26 Å². The lowest BCUT2D eigenvalue weighted by atomic mass is 10.2. The molecule has 2 heterocycles. The summed E-state index contributed by atoms with van der Waals surface area (Å²) in [4.78, 5) is 33.8. The average molecular weight is 445 g/mol. The molecule has 29 heavy (non-hydrogen) atoms. The van der Waals surface area contributed by atoms with E-state index in [1.807, 2.05) is 6.26 Å². The summed E-state index contributed by atoms with van der Waals surface area (Å²) < 4.78 is 16.7. The molecular formula is C18H28N4O5S2. The van der Waals surface area contributed by atoms with Crippen LogP contribution in [0.5, 0.6) is 5.88 Å². The fourth-order valence-electron chi connectivity index (χ4n) is 2.60. The fourth-order valence-corrected chi connectivity index (χ4v) is 3.76. The third-order valence-corrected chi connectivity index (χ3v) is 5.39. The topological polar surface area (TPSA) is 103 Å². The first kappa shape index (κ1) is 23.7. The molecule has 1 aliphatic rings. The van der Waals surface area contributed by atoms with Crippen molar-refractivity contribution in [2.24, 2.45) is 0 Å². The standard InChI is InChI=1S/C18H28N4O5S2/c1-13(23)19-12-29-7-4-17(24)22-5-6-26-15(9-22)11-27-16-8-14(10-25-2)20-18(21-16)28-3/h8,15H,4-7,9-12H2,1-3H3,(H,19,23). The molecule has 1 atom stereocenters. The molecule has 1 saturated heterocycles. The highest BCUT2D eigenvalue weighted by molar-refractivity contribution is 7.99. The van der Waals surface area contributed by atoms with Gasteiger partial charge in [0.05, 0.1) is 31.3 Å². The van der Waals surface area contributed by atoms with Gasteiger partial charge in [-0.3, -0.25) is 9.59 Å². The van der Waals surface area contributed by atoms with Gasteiger partial charge in [-0.15, -0.1) is 11.8 Å². The normalized spacial score (nSPS) is 16.5. The van der Waals surface area contributed by atoms with Crippen LogP contribution in [-0.4, -0.2) is 84.1 Å². The second kappa shape index (κ2) is 12.9. The van der Waals surface area contributed by atoms with Gasteiger partial charge in [0.15, 0.2) is 5.16 Å². The third-order valence-electron chi connectivity index (χ3n) is 4.00. The maximum atomic E-state index is 12.4. The van der Waals surface area contributed by atoms with E-state index in [4.69, 9.17) is 14.2 Å². The minimum absolute atomic E-state index is 0.0671. The SMILES string of the molecule is COCc1cc(OCC2CN(C(=O)CCSCNC(C)=O)CCO2)nc(SC)n1. The molecule has 1 aromatic heterocycles. The Morgan fingerprint density at radius 3 is 2.97 bits per heavy atom. The molecule has 1 N–H and O–H groups in total. The Morgan fingerprint density at radius 1 is 1.41 bits per heavy atom. The van der Waals surface area contributed by atoms with Gasteiger partial charge in [0.1, 0.15) is 12.7 Å². The van der Waals surface area contributed by atoms with Crippen molar-refractivity contribution < 1.29 is 23.8 Å². The maximum absolute atomic E-state index is 12.4. The summed E-state index contributed by atoms with van der Waals surface area (Å²) in [5.41, 5.74) is 0.750. The molecule has 0 saturated carbocycles. The molecule has 2 rings (SSSR count). The molecular weight excluding hydrogens is 416 g/mol. The molecule has 1 aromatic rings. The number of nitrogens with one attached hydrogen (secondary N) is 1. The highest BCUT2D eigenvalue weighted by Gasteiger charge is 2.24. The largest absolute Gasteiger partial charge is 0.475 e. The van der Waals surface area contributed by atoms with E-state index in [1.165, 1.54) is 30.4 Å². The van der Waals surface area contributed by atoms with Crippen LogP contribution in [0.2, 0.25) is 0 Å². The van der Waals surface area contributed by atoms with Crippen molar-refractivity contribution in [2.45, 2.75) is 31.2 Å². The van der Waals surface area contributed by atoms with Gasteiger partial charge < -0.3 is 24.4 Å². The summed E-state index contributed by atoms with van der Waals surface area (Å²) in [7, 11) is 1.61. The van der Waals surface area contributed by atoms with Gasteiger partial charge >= 0.3 is 0 Å². The van der Waals surface area contributed by atoms with Crippen molar-refractivity contribution in [2.75, 3.05) is 51.3 Å². The first-order valence-corrected chi connectivity index (χ1v) is 11.6. The highest BCUT2D eigenvalue weighted by Crippen LogP contribution is 2.17. The number of carbonyl (C=O) groups is 2. The number of hydrogen-bond donors (Lipinski definition) is 1. The van der Waals surface area contributed by atoms with Crippen LogP contribution >= 0.6 is 23.5 Å². The number of nitrogens with zero attached hydrogens (tertiary/aromatic N) is 3. The van der Waals surface area contributed by atoms with E-state index < -0.39 is 0 Å². The van der Waals surface area contributed by atoms with Gasteiger partial charge in [-0.25, -0.2) is 4.98 Å². The number of aromatic nitrogens is 2. The van der Waals surface area contributed by atoms with E-state index in [0.29, 0.717) is 62.0 Å². The number of carbonyl (C=O) groups excluding carboxylic acids is 2. The molecule has 0 spiro atoms. The number of morpholine rings is 1. The van der Waals surface area contributed by atoms with E-state index in [1.54, 1.807) is 18.1 Å². The molecule has 0 bridgehead atoms. The molecule has 9 nitrogen and oxygen atoms in total. The number of thioether (sulfide) groups is 2. The lowest BCUT2D eigenvalue weighted by molar-refractivity contribution is -0.139. The zero-order chi connectivity index (χ0) is 21.1. The van der Waals surface area contributed by atoms with Crippen LogP contribution in [0, 0.1) is 0 Å². The van der Waals surface area contributed by atoms with E-state index >= 15 is 0 Å². The molecule has 0 aliphatic carbocycles. The second-order valence-electron chi connectivity index (χ2n) is 6.30. The summed E-state index contributed by atoms with van der Waals surface area (Å²) in [6, 6.07) is 1.75. The smallest absolute Gasteiger partial charge is 0.223 e. The van der Waals surface area contributed by atoms with Crippen molar-refractivity contribution in [1.29, 1.82) is 0 Å². The van der Waals surface area contributed by atoms with E-state index in [0.717, 1.165) is 5.69 Å². The van der Waals surface area contributed by atoms with Crippen molar-refractivity contribution >= 4 is 35.3 Å². The van der Waals surface area contributed by atoms with Crippen molar-refractivity contribution in [3.05, 3.63) is 11.8 Å². The summed E-state index contributed by atoms with van der Waals surface area (Å²) in [6.45, 7) is 3.71. The number of ether oxygens (including phenoxy) is 3. The maximum Gasteiger partial charge on any atom is 0.223 e. The lowest BCUT2D eigenvalue weighted by Crippen LogP contribution is -2.47. The Morgan fingerprint density at radius 2 is 2.24 bits per heavy atom. The van der Waals surface area contributed by atoms with Crippen LogP contribution in [0.3, 0.4) is 0 Å². The summed E-state index contributed by atoms with van der Waals surface area (Å²) >= 11 is 2.96.